The average molecular weight is 286 g/mol. The Morgan fingerprint density at radius 1 is 1.45 bits per heavy atom. The number of hydrogen-bond donors (Lipinski definition) is 1. The highest BCUT2D eigenvalue weighted by atomic mass is 16.5. The van der Waals surface area contributed by atoms with E-state index in [1.807, 2.05) is 6.92 Å². The van der Waals surface area contributed by atoms with Crippen LogP contribution in [0.5, 0.6) is 0 Å². The minimum atomic E-state index is -0.506. The Hall–Kier alpha value is -0.650. The summed E-state index contributed by atoms with van der Waals surface area (Å²) in [7, 11) is 3.20. The highest BCUT2D eigenvalue weighted by Crippen LogP contribution is 2.35. The Balaban J connectivity index is 2.77. The molecule has 0 aromatic rings. The van der Waals surface area contributed by atoms with Crippen molar-refractivity contribution in [3.05, 3.63) is 0 Å². The second-order valence-electron chi connectivity index (χ2n) is 5.83. The van der Waals surface area contributed by atoms with E-state index in [9.17, 15) is 4.79 Å². The van der Waals surface area contributed by atoms with Crippen molar-refractivity contribution >= 4 is 5.97 Å². The van der Waals surface area contributed by atoms with Gasteiger partial charge >= 0.3 is 5.97 Å². The second-order valence-corrected chi connectivity index (χ2v) is 5.83. The van der Waals surface area contributed by atoms with E-state index < -0.39 is 5.54 Å². The molecular weight excluding hydrogens is 256 g/mol. The third kappa shape index (κ3) is 3.93. The molecular formula is C15H30N2O3. The van der Waals surface area contributed by atoms with Gasteiger partial charge in [0.05, 0.1) is 13.7 Å². The fourth-order valence-electron chi connectivity index (χ4n) is 3.31. The zero-order valence-corrected chi connectivity index (χ0v) is 13.6. The number of esters is 1. The monoisotopic (exact) mass is 286 g/mol. The lowest BCUT2D eigenvalue weighted by Gasteiger charge is -2.34. The van der Waals surface area contributed by atoms with Gasteiger partial charge in [-0.2, -0.15) is 0 Å². The van der Waals surface area contributed by atoms with Crippen LogP contribution in [-0.4, -0.2) is 62.4 Å². The zero-order chi connectivity index (χ0) is 15.2. The first-order valence-electron chi connectivity index (χ1n) is 7.59. The summed E-state index contributed by atoms with van der Waals surface area (Å²) in [4.78, 5) is 14.6. The number of methoxy groups -OCH3 is 2. The molecule has 1 saturated carbocycles. The Morgan fingerprint density at radius 3 is 2.65 bits per heavy atom. The van der Waals surface area contributed by atoms with E-state index in [0.717, 1.165) is 39.0 Å². The van der Waals surface area contributed by atoms with Gasteiger partial charge in [-0.05, 0) is 39.7 Å². The predicted octanol–water partition coefficient (Wildman–Crippen LogP) is 1.42. The largest absolute Gasteiger partial charge is 0.468 e. The third-order valence-corrected chi connectivity index (χ3v) is 4.27. The van der Waals surface area contributed by atoms with Gasteiger partial charge in [-0.3, -0.25) is 9.69 Å². The molecule has 0 aliphatic heterocycles. The summed E-state index contributed by atoms with van der Waals surface area (Å²) in [6.45, 7) is 8.83. The van der Waals surface area contributed by atoms with Crippen molar-refractivity contribution in [2.45, 2.75) is 57.7 Å². The molecule has 1 N–H and O–H groups in total. The Morgan fingerprint density at radius 2 is 2.15 bits per heavy atom. The van der Waals surface area contributed by atoms with Crippen LogP contribution in [0.25, 0.3) is 0 Å². The van der Waals surface area contributed by atoms with Crippen LogP contribution in [0.1, 0.15) is 40.0 Å². The normalized spacial score (nSPS) is 26.4. The van der Waals surface area contributed by atoms with Gasteiger partial charge in [0.15, 0.2) is 0 Å². The topological polar surface area (TPSA) is 50.8 Å². The third-order valence-electron chi connectivity index (χ3n) is 4.27. The van der Waals surface area contributed by atoms with Crippen LogP contribution in [0.4, 0.5) is 0 Å². The van der Waals surface area contributed by atoms with Crippen molar-refractivity contribution < 1.29 is 14.3 Å². The van der Waals surface area contributed by atoms with Crippen molar-refractivity contribution in [1.29, 1.82) is 0 Å². The molecule has 5 heteroatoms. The van der Waals surface area contributed by atoms with E-state index in [4.69, 9.17) is 9.47 Å². The number of hydrogen-bond acceptors (Lipinski definition) is 5. The number of nitrogens with zero attached hydrogens (tertiary/aromatic N) is 1. The number of rotatable bonds is 8. The smallest absolute Gasteiger partial charge is 0.326 e. The molecule has 1 aliphatic rings. The molecule has 2 unspecified atom stereocenters. The van der Waals surface area contributed by atoms with Crippen molar-refractivity contribution in [3.63, 3.8) is 0 Å². The van der Waals surface area contributed by atoms with Gasteiger partial charge in [-0.1, -0.05) is 6.92 Å². The molecule has 1 rings (SSSR count). The van der Waals surface area contributed by atoms with E-state index in [2.05, 4.69) is 24.1 Å². The molecule has 0 amide bonds. The molecule has 0 radical (unpaired) electrons. The molecule has 0 spiro atoms. The number of carbonyl (C=O) groups is 1. The van der Waals surface area contributed by atoms with Gasteiger partial charge in [-0.25, -0.2) is 0 Å². The average Bonchev–Trinajstić information content (AvgIpc) is 2.83. The summed E-state index contributed by atoms with van der Waals surface area (Å²) in [6.07, 6.45) is 2.67. The first-order valence-corrected chi connectivity index (χ1v) is 7.59. The predicted molar refractivity (Wildman–Crippen MR) is 79.8 cm³/mol. The number of carbonyl (C=O) groups excluding carboxylic acids is 1. The van der Waals surface area contributed by atoms with Gasteiger partial charge < -0.3 is 14.8 Å². The van der Waals surface area contributed by atoms with Crippen molar-refractivity contribution in [2.75, 3.05) is 33.9 Å². The minimum Gasteiger partial charge on any atom is -0.468 e. The molecule has 0 bridgehead atoms. The summed E-state index contributed by atoms with van der Waals surface area (Å²) in [5, 5.41) is 3.36. The van der Waals surface area contributed by atoms with Gasteiger partial charge in [0, 0.05) is 25.7 Å². The van der Waals surface area contributed by atoms with Gasteiger partial charge in [0.25, 0.3) is 0 Å². The molecule has 0 aromatic carbocycles. The van der Waals surface area contributed by atoms with Crippen LogP contribution >= 0.6 is 0 Å². The second kappa shape index (κ2) is 7.96. The standard InChI is InChI=1S/C15H30N2O3/c1-6-16-15(14(18)20-5)8-7-13(11-15)17(12(2)3)9-10-19-4/h12-13,16H,6-11H2,1-5H3. The van der Waals surface area contributed by atoms with E-state index >= 15 is 0 Å². The summed E-state index contributed by atoms with van der Waals surface area (Å²) in [6, 6.07) is 0.855. The molecule has 0 saturated heterocycles. The lowest BCUT2D eigenvalue weighted by Crippen LogP contribution is -2.52. The quantitative estimate of drug-likeness (QED) is 0.684. The fraction of sp³-hybridized carbons (Fsp3) is 0.933. The van der Waals surface area contributed by atoms with Gasteiger partial charge in [0.2, 0.25) is 0 Å². The molecule has 118 valence electrons. The van der Waals surface area contributed by atoms with Crippen molar-refractivity contribution in [3.8, 4) is 0 Å². The molecule has 5 nitrogen and oxygen atoms in total. The van der Waals surface area contributed by atoms with Crippen LogP contribution in [-0.2, 0) is 14.3 Å². The fourth-order valence-corrected chi connectivity index (χ4v) is 3.31. The first kappa shape index (κ1) is 17.4. The number of likely N-dealkylation sites (N-methyl/N-ethyl adjacent to an activating group) is 1. The summed E-state index contributed by atoms with van der Waals surface area (Å²) < 4.78 is 10.2. The Labute approximate surface area is 123 Å². The molecule has 2 atom stereocenters. The highest BCUT2D eigenvalue weighted by Gasteiger charge is 2.47. The van der Waals surface area contributed by atoms with Crippen LogP contribution < -0.4 is 5.32 Å². The van der Waals surface area contributed by atoms with E-state index in [1.54, 1.807) is 7.11 Å². The molecule has 0 aromatic heterocycles. The maximum atomic E-state index is 12.2. The van der Waals surface area contributed by atoms with Gasteiger partial charge in [-0.15, -0.1) is 0 Å². The highest BCUT2D eigenvalue weighted by molar-refractivity contribution is 5.81. The molecule has 1 aliphatic carbocycles. The number of ether oxygens (including phenoxy) is 2. The first-order chi connectivity index (χ1) is 9.50. The van der Waals surface area contributed by atoms with Crippen LogP contribution in [0.2, 0.25) is 0 Å². The van der Waals surface area contributed by atoms with Crippen LogP contribution in [0.15, 0.2) is 0 Å². The van der Waals surface area contributed by atoms with Gasteiger partial charge in [0.1, 0.15) is 5.54 Å². The Kier molecular flexibility index (Phi) is 6.92. The van der Waals surface area contributed by atoms with Crippen molar-refractivity contribution in [2.24, 2.45) is 0 Å². The van der Waals surface area contributed by atoms with E-state index in [-0.39, 0.29) is 5.97 Å². The Bertz CT molecular complexity index is 309. The number of nitrogens with one attached hydrogen (secondary N) is 1. The lowest BCUT2D eigenvalue weighted by molar-refractivity contribution is -0.148. The lowest BCUT2D eigenvalue weighted by atomic mass is 9.97. The SMILES string of the molecule is CCNC1(C(=O)OC)CCC(N(CCOC)C(C)C)C1. The maximum Gasteiger partial charge on any atom is 0.326 e. The molecule has 20 heavy (non-hydrogen) atoms. The van der Waals surface area contributed by atoms with Crippen molar-refractivity contribution in [1.82, 2.24) is 10.2 Å². The minimum absolute atomic E-state index is 0.128. The van der Waals surface area contributed by atoms with Crippen LogP contribution in [0, 0.1) is 0 Å². The zero-order valence-electron chi connectivity index (χ0n) is 13.6. The maximum absolute atomic E-state index is 12.2. The van der Waals surface area contributed by atoms with E-state index in [1.165, 1.54) is 7.11 Å². The summed E-state index contributed by atoms with van der Waals surface area (Å²) in [5.74, 6) is -0.128. The molecule has 1 fully saturated rings. The summed E-state index contributed by atoms with van der Waals surface area (Å²) >= 11 is 0. The summed E-state index contributed by atoms with van der Waals surface area (Å²) in [5.41, 5.74) is -0.506. The van der Waals surface area contributed by atoms with E-state index in [0.29, 0.717) is 12.1 Å². The molecule has 0 heterocycles. The van der Waals surface area contributed by atoms with Crippen LogP contribution in [0.3, 0.4) is 0 Å².